The van der Waals surface area contributed by atoms with E-state index in [1.54, 1.807) is 0 Å². The first-order valence-electron chi connectivity index (χ1n) is 6.87. The Morgan fingerprint density at radius 2 is 1.85 bits per heavy atom. The molecule has 0 saturated carbocycles. The van der Waals surface area contributed by atoms with Gasteiger partial charge in [0.2, 0.25) is 0 Å². The summed E-state index contributed by atoms with van der Waals surface area (Å²) in [7, 11) is 0. The Morgan fingerprint density at radius 3 is 2.45 bits per heavy atom. The molecule has 0 aliphatic rings. The van der Waals surface area contributed by atoms with Crippen LogP contribution in [-0.2, 0) is 6.42 Å². The van der Waals surface area contributed by atoms with E-state index in [1.165, 1.54) is 11.1 Å². The van der Waals surface area contributed by atoms with Crippen molar-refractivity contribution in [3.63, 3.8) is 0 Å². The normalized spacial score (nSPS) is 12.2. The van der Waals surface area contributed by atoms with Gasteiger partial charge in [0.1, 0.15) is 11.5 Å². The molecule has 0 fully saturated rings. The molecule has 0 amide bonds. The molecule has 0 aliphatic heterocycles. The van der Waals surface area contributed by atoms with Gasteiger partial charge < -0.3 is 10.5 Å². The Hall–Kier alpha value is -1.32. The molecule has 0 saturated heterocycles. The molecule has 2 N–H and O–H groups in total. The second kappa shape index (κ2) is 6.91. The number of ether oxygens (including phenoxy) is 1. The average Bonchev–Trinajstić information content (AvgIpc) is 2.44. The van der Waals surface area contributed by atoms with E-state index in [4.69, 9.17) is 10.5 Å². The lowest BCUT2D eigenvalue weighted by Crippen LogP contribution is -2.21. The number of benzene rings is 2. The van der Waals surface area contributed by atoms with Crippen LogP contribution in [0.1, 0.15) is 24.5 Å². The minimum absolute atomic E-state index is 0.230. The summed E-state index contributed by atoms with van der Waals surface area (Å²) >= 11 is 3.52. The van der Waals surface area contributed by atoms with Crippen molar-refractivity contribution in [2.45, 2.75) is 32.7 Å². The lowest BCUT2D eigenvalue weighted by molar-refractivity contribution is 0.479. The predicted molar refractivity (Wildman–Crippen MR) is 87.4 cm³/mol. The topological polar surface area (TPSA) is 35.2 Å². The van der Waals surface area contributed by atoms with Crippen molar-refractivity contribution in [3.8, 4) is 11.5 Å². The Labute approximate surface area is 129 Å². The zero-order valence-corrected chi connectivity index (χ0v) is 13.5. The molecular formula is C17H20BrNO. The van der Waals surface area contributed by atoms with Gasteiger partial charge in [-0.15, -0.1) is 0 Å². The standard InChI is InChI=1S/C17H20BrNO/c1-3-14(19)11-13-5-7-15(8-6-13)20-17-9-4-12(2)10-16(17)18/h4-10,14H,3,11,19H2,1-2H3. The molecule has 0 radical (unpaired) electrons. The quantitative estimate of drug-likeness (QED) is 0.850. The summed E-state index contributed by atoms with van der Waals surface area (Å²) in [5.41, 5.74) is 8.41. The first kappa shape index (κ1) is 15.1. The SMILES string of the molecule is CCC(N)Cc1ccc(Oc2ccc(C)cc2Br)cc1. The lowest BCUT2D eigenvalue weighted by Gasteiger charge is -2.11. The highest BCUT2D eigenvalue weighted by Gasteiger charge is 2.04. The molecule has 1 unspecified atom stereocenters. The molecule has 0 spiro atoms. The summed E-state index contributed by atoms with van der Waals surface area (Å²) in [6.45, 7) is 4.16. The van der Waals surface area contributed by atoms with Crippen LogP contribution in [-0.4, -0.2) is 6.04 Å². The summed E-state index contributed by atoms with van der Waals surface area (Å²) in [5, 5.41) is 0. The van der Waals surface area contributed by atoms with Gasteiger partial charge in [0.25, 0.3) is 0 Å². The predicted octanol–water partition coefficient (Wildman–Crippen LogP) is 4.83. The van der Waals surface area contributed by atoms with Crippen LogP contribution >= 0.6 is 15.9 Å². The average molecular weight is 334 g/mol. The zero-order chi connectivity index (χ0) is 14.5. The van der Waals surface area contributed by atoms with Gasteiger partial charge in [-0.2, -0.15) is 0 Å². The molecule has 0 bridgehead atoms. The van der Waals surface area contributed by atoms with E-state index in [2.05, 4.69) is 41.9 Å². The Balaban J connectivity index is 2.07. The first-order valence-corrected chi connectivity index (χ1v) is 7.66. The highest BCUT2D eigenvalue weighted by atomic mass is 79.9. The smallest absolute Gasteiger partial charge is 0.141 e. The van der Waals surface area contributed by atoms with Crippen molar-refractivity contribution in [1.29, 1.82) is 0 Å². The molecule has 2 nitrogen and oxygen atoms in total. The first-order chi connectivity index (χ1) is 9.58. The van der Waals surface area contributed by atoms with Crippen LogP contribution in [0.25, 0.3) is 0 Å². The Morgan fingerprint density at radius 1 is 1.15 bits per heavy atom. The van der Waals surface area contributed by atoms with Crippen LogP contribution < -0.4 is 10.5 Å². The fraction of sp³-hybridized carbons (Fsp3) is 0.294. The molecule has 20 heavy (non-hydrogen) atoms. The van der Waals surface area contributed by atoms with E-state index in [1.807, 2.05) is 30.3 Å². The number of rotatable bonds is 5. The second-order valence-corrected chi connectivity index (χ2v) is 5.91. The molecule has 2 rings (SSSR count). The maximum absolute atomic E-state index is 5.96. The molecule has 1 atom stereocenters. The third kappa shape index (κ3) is 4.09. The van der Waals surface area contributed by atoms with Gasteiger partial charge in [0.15, 0.2) is 0 Å². The van der Waals surface area contributed by atoms with Crippen molar-refractivity contribution < 1.29 is 4.74 Å². The van der Waals surface area contributed by atoms with Gasteiger partial charge in [0.05, 0.1) is 4.47 Å². The Kier molecular flexibility index (Phi) is 5.21. The number of halogens is 1. The van der Waals surface area contributed by atoms with Gasteiger partial charge >= 0.3 is 0 Å². The van der Waals surface area contributed by atoms with Crippen molar-refractivity contribution in [1.82, 2.24) is 0 Å². The van der Waals surface area contributed by atoms with E-state index in [0.29, 0.717) is 0 Å². The summed E-state index contributed by atoms with van der Waals surface area (Å²) in [6.07, 6.45) is 1.90. The molecule has 2 aromatic rings. The van der Waals surface area contributed by atoms with E-state index < -0.39 is 0 Å². The van der Waals surface area contributed by atoms with Gasteiger partial charge in [-0.1, -0.05) is 25.1 Å². The molecule has 0 aromatic heterocycles. The van der Waals surface area contributed by atoms with E-state index in [0.717, 1.165) is 28.8 Å². The van der Waals surface area contributed by atoms with Crippen molar-refractivity contribution in [2.24, 2.45) is 5.73 Å². The largest absolute Gasteiger partial charge is 0.456 e. The Bertz CT molecular complexity index is 566. The van der Waals surface area contributed by atoms with E-state index in [9.17, 15) is 0 Å². The third-order valence-electron chi connectivity index (χ3n) is 3.26. The van der Waals surface area contributed by atoms with E-state index >= 15 is 0 Å². The number of aryl methyl sites for hydroxylation is 1. The van der Waals surface area contributed by atoms with Crippen molar-refractivity contribution in [3.05, 3.63) is 58.1 Å². The van der Waals surface area contributed by atoms with Crippen LogP contribution in [0.15, 0.2) is 46.9 Å². The van der Waals surface area contributed by atoms with Crippen LogP contribution in [0, 0.1) is 6.92 Å². The maximum Gasteiger partial charge on any atom is 0.141 e. The van der Waals surface area contributed by atoms with Crippen LogP contribution in [0.5, 0.6) is 11.5 Å². The third-order valence-corrected chi connectivity index (χ3v) is 3.88. The van der Waals surface area contributed by atoms with Gasteiger partial charge in [-0.3, -0.25) is 0 Å². The minimum Gasteiger partial charge on any atom is -0.456 e. The molecule has 106 valence electrons. The second-order valence-electron chi connectivity index (χ2n) is 5.05. The van der Waals surface area contributed by atoms with Gasteiger partial charge in [-0.05, 0) is 71.1 Å². The molecular weight excluding hydrogens is 314 g/mol. The highest BCUT2D eigenvalue weighted by Crippen LogP contribution is 2.30. The fourth-order valence-electron chi connectivity index (χ4n) is 1.96. The van der Waals surface area contributed by atoms with Crippen LogP contribution in [0.4, 0.5) is 0 Å². The fourth-order valence-corrected chi connectivity index (χ4v) is 2.53. The lowest BCUT2D eigenvalue weighted by atomic mass is 10.0. The molecule has 0 aliphatic carbocycles. The van der Waals surface area contributed by atoms with Gasteiger partial charge in [0, 0.05) is 6.04 Å². The zero-order valence-electron chi connectivity index (χ0n) is 11.9. The van der Waals surface area contributed by atoms with Crippen molar-refractivity contribution in [2.75, 3.05) is 0 Å². The van der Waals surface area contributed by atoms with Gasteiger partial charge in [-0.25, -0.2) is 0 Å². The minimum atomic E-state index is 0.230. The molecule has 2 aromatic carbocycles. The highest BCUT2D eigenvalue weighted by molar-refractivity contribution is 9.10. The van der Waals surface area contributed by atoms with Crippen LogP contribution in [0.3, 0.4) is 0 Å². The van der Waals surface area contributed by atoms with Crippen LogP contribution in [0.2, 0.25) is 0 Å². The van der Waals surface area contributed by atoms with Crippen molar-refractivity contribution >= 4 is 15.9 Å². The van der Waals surface area contributed by atoms with E-state index in [-0.39, 0.29) is 6.04 Å². The monoisotopic (exact) mass is 333 g/mol. The number of nitrogens with two attached hydrogens (primary N) is 1. The number of hydrogen-bond acceptors (Lipinski definition) is 2. The summed E-state index contributed by atoms with van der Waals surface area (Å²) in [4.78, 5) is 0. The summed E-state index contributed by atoms with van der Waals surface area (Å²) in [6, 6.07) is 14.4. The maximum atomic E-state index is 5.96. The summed E-state index contributed by atoms with van der Waals surface area (Å²) < 4.78 is 6.84. The number of hydrogen-bond donors (Lipinski definition) is 1. The molecule has 3 heteroatoms. The summed E-state index contributed by atoms with van der Waals surface area (Å²) in [5.74, 6) is 1.66. The molecule has 0 heterocycles.